The van der Waals surface area contributed by atoms with E-state index >= 15 is 0 Å². The molecule has 0 bridgehead atoms. The lowest BCUT2D eigenvalue weighted by Crippen LogP contribution is -2.38. The van der Waals surface area contributed by atoms with Gasteiger partial charge < -0.3 is 4.74 Å². The number of hydrogen-bond acceptors (Lipinski definition) is 3. The Morgan fingerprint density at radius 2 is 1.75 bits per heavy atom. The first kappa shape index (κ1) is 14.1. The van der Waals surface area contributed by atoms with Crippen LogP contribution in [0.25, 0.3) is 0 Å². The van der Waals surface area contributed by atoms with E-state index in [-0.39, 0.29) is 17.9 Å². The number of nitrogens with zero attached hydrogens (tertiary/aromatic N) is 2. The van der Waals surface area contributed by atoms with Gasteiger partial charge in [0.2, 0.25) is 0 Å². The molecule has 20 heavy (non-hydrogen) atoms. The number of aromatic nitrogens is 2. The van der Waals surface area contributed by atoms with Gasteiger partial charge in [-0.25, -0.2) is 4.79 Å². The first-order valence-electron chi connectivity index (χ1n) is 6.36. The Morgan fingerprint density at radius 1 is 1.05 bits per heavy atom. The Bertz CT molecular complexity index is 757. The quantitative estimate of drug-likeness (QED) is 0.847. The number of hydrogen-bond donors (Lipinski definition) is 0. The van der Waals surface area contributed by atoms with Crippen LogP contribution >= 0.6 is 0 Å². The molecule has 0 aliphatic heterocycles. The van der Waals surface area contributed by atoms with E-state index in [0.717, 1.165) is 21.4 Å². The fraction of sp³-hybridized carbons (Fsp3) is 0.333. The van der Waals surface area contributed by atoms with Gasteiger partial charge in [0.15, 0.2) is 0 Å². The maximum atomic E-state index is 11.8. The lowest BCUT2D eigenvalue weighted by molar-refractivity contribution is 0.291. The summed E-state index contributed by atoms with van der Waals surface area (Å²) in [5.74, 6) is 0.762. The van der Waals surface area contributed by atoms with Crippen LogP contribution in [0, 0.1) is 13.8 Å². The molecule has 0 amide bonds. The van der Waals surface area contributed by atoms with Crippen LogP contribution in [-0.2, 0) is 20.7 Å². The SMILES string of the molecule is Cc1ccc(C)c(OCc2cc(=O)n(C)c(=O)n2C)c1. The van der Waals surface area contributed by atoms with Crippen molar-refractivity contribution >= 4 is 0 Å². The summed E-state index contributed by atoms with van der Waals surface area (Å²) >= 11 is 0. The highest BCUT2D eigenvalue weighted by Crippen LogP contribution is 2.19. The topological polar surface area (TPSA) is 53.2 Å². The first-order chi connectivity index (χ1) is 9.40. The highest BCUT2D eigenvalue weighted by Gasteiger charge is 2.07. The van der Waals surface area contributed by atoms with Gasteiger partial charge in [-0.05, 0) is 31.0 Å². The standard InChI is InChI=1S/C15H18N2O3/c1-10-5-6-11(2)13(7-10)20-9-12-8-14(18)17(4)15(19)16(12)3/h5-8H,9H2,1-4H3. The molecule has 2 aromatic rings. The van der Waals surface area contributed by atoms with Gasteiger partial charge in [0.1, 0.15) is 12.4 Å². The molecule has 0 aliphatic rings. The van der Waals surface area contributed by atoms with Crippen LogP contribution in [0.1, 0.15) is 16.8 Å². The van der Waals surface area contributed by atoms with Crippen LogP contribution in [0.2, 0.25) is 0 Å². The summed E-state index contributed by atoms with van der Waals surface area (Å²) in [7, 11) is 3.09. The van der Waals surface area contributed by atoms with Gasteiger partial charge in [-0.2, -0.15) is 0 Å². The molecule has 0 spiro atoms. The molecule has 1 aromatic heterocycles. The average molecular weight is 274 g/mol. The summed E-state index contributed by atoms with van der Waals surface area (Å²) in [6.07, 6.45) is 0. The van der Waals surface area contributed by atoms with Crippen LogP contribution in [0.15, 0.2) is 33.9 Å². The second kappa shape index (κ2) is 5.36. The number of benzene rings is 1. The number of rotatable bonds is 3. The van der Waals surface area contributed by atoms with Crippen molar-refractivity contribution in [2.45, 2.75) is 20.5 Å². The molecule has 5 heteroatoms. The van der Waals surface area contributed by atoms with Crippen molar-refractivity contribution in [2.75, 3.05) is 0 Å². The van der Waals surface area contributed by atoms with Crippen molar-refractivity contribution in [1.82, 2.24) is 9.13 Å². The van der Waals surface area contributed by atoms with Crippen LogP contribution in [0.3, 0.4) is 0 Å². The molecule has 0 N–H and O–H groups in total. The van der Waals surface area contributed by atoms with Gasteiger partial charge in [-0.15, -0.1) is 0 Å². The third-order valence-electron chi connectivity index (χ3n) is 3.34. The summed E-state index contributed by atoms with van der Waals surface area (Å²) in [5, 5.41) is 0. The molecule has 1 aromatic carbocycles. The monoisotopic (exact) mass is 274 g/mol. The molecule has 0 unspecified atom stereocenters. The Kier molecular flexibility index (Phi) is 3.79. The van der Waals surface area contributed by atoms with E-state index in [1.807, 2.05) is 32.0 Å². The number of ether oxygens (including phenoxy) is 1. The van der Waals surface area contributed by atoms with E-state index < -0.39 is 0 Å². The molecule has 2 rings (SSSR count). The van der Waals surface area contributed by atoms with Gasteiger partial charge in [0.05, 0.1) is 5.69 Å². The van der Waals surface area contributed by atoms with Gasteiger partial charge in [0.25, 0.3) is 5.56 Å². The Hall–Kier alpha value is -2.30. The van der Waals surface area contributed by atoms with Gasteiger partial charge >= 0.3 is 5.69 Å². The molecule has 0 radical (unpaired) electrons. The predicted molar refractivity (Wildman–Crippen MR) is 77.2 cm³/mol. The summed E-state index contributed by atoms with van der Waals surface area (Å²) in [6.45, 7) is 4.13. The second-order valence-electron chi connectivity index (χ2n) is 4.93. The van der Waals surface area contributed by atoms with Crippen molar-refractivity contribution in [1.29, 1.82) is 0 Å². The molecule has 5 nitrogen and oxygen atoms in total. The molecule has 0 aliphatic carbocycles. The molecular weight excluding hydrogens is 256 g/mol. The normalized spacial score (nSPS) is 10.6. The molecular formula is C15H18N2O3. The van der Waals surface area contributed by atoms with Gasteiger partial charge in [-0.3, -0.25) is 13.9 Å². The Labute approximate surface area is 117 Å². The lowest BCUT2D eigenvalue weighted by Gasteiger charge is -2.13. The zero-order valence-corrected chi connectivity index (χ0v) is 12.1. The minimum atomic E-state index is -0.350. The molecule has 0 saturated carbocycles. The molecule has 1 heterocycles. The number of aryl methyl sites for hydroxylation is 2. The molecule has 0 fully saturated rings. The van der Waals surface area contributed by atoms with E-state index in [1.165, 1.54) is 17.7 Å². The summed E-state index contributed by atoms with van der Waals surface area (Å²) in [4.78, 5) is 23.5. The second-order valence-corrected chi connectivity index (χ2v) is 4.93. The summed E-state index contributed by atoms with van der Waals surface area (Å²) < 4.78 is 8.22. The lowest BCUT2D eigenvalue weighted by atomic mass is 10.1. The smallest absolute Gasteiger partial charge is 0.330 e. The van der Waals surface area contributed by atoms with Crippen LogP contribution in [-0.4, -0.2) is 9.13 Å². The minimum Gasteiger partial charge on any atom is -0.487 e. The van der Waals surface area contributed by atoms with E-state index in [1.54, 1.807) is 7.05 Å². The predicted octanol–water partition coefficient (Wildman–Crippen LogP) is 1.28. The van der Waals surface area contributed by atoms with Crippen molar-refractivity contribution < 1.29 is 4.74 Å². The van der Waals surface area contributed by atoms with E-state index in [2.05, 4.69) is 0 Å². The molecule has 106 valence electrons. The van der Waals surface area contributed by atoms with E-state index in [0.29, 0.717) is 5.69 Å². The highest BCUT2D eigenvalue weighted by atomic mass is 16.5. The van der Waals surface area contributed by atoms with Crippen molar-refractivity contribution in [3.05, 3.63) is 61.9 Å². The Morgan fingerprint density at radius 3 is 2.45 bits per heavy atom. The maximum absolute atomic E-state index is 11.8. The van der Waals surface area contributed by atoms with Crippen molar-refractivity contribution in [3.8, 4) is 5.75 Å². The minimum absolute atomic E-state index is 0.187. The maximum Gasteiger partial charge on any atom is 0.330 e. The fourth-order valence-corrected chi connectivity index (χ4v) is 1.93. The zero-order chi connectivity index (χ0) is 14.9. The fourth-order valence-electron chi connectivity index (χ4n) is 1.93. The van der Waals surface area contributed by atoms with Gasteiger partial charge in [0, 0.05) is 20.2 Å². The van der Waals surface area contributed by atoms with Crippen LogP contribution < -0.4 is 16.0 Å². The van der Waals surface area contributed by atoms with Crippen molar-refractivity contribution in [2.24, 2.45) is 14.1 Å². The average Bonchev–Trinajstić information content (AvgIpc) is 2.42. The van der Waals surface area contributed by atoms with E-state index in [4.69, 9.17) is 4.74 Å². The first-order valence-corrected chi connectivity index (χ1v) is 6.36. The van der Waals surface area contributed by atoms with Crippen LogP contribution in [0.4, 0.5) is 0 Å². The molecule has 0 saturated heterocycles. The third kappa shape index (κ3) is 2.66. The Balaban J connectivity index is 2.30. The van der Waals surface area contributed by atoms with Crippen molar-refractivity contribution in [3.63, 3.8) is 0 Å². The zero-order valence-electron chi connectivity index (χ0n) is 12.1. The van der Waals surface area contributed by atoms with E-state index in [9.17, 15) is 9.59 Å². The van der Waals surface area contributed by atoms with Gasteiger partial charge in [-0.1, -0.05) is 12.1 Å². The largest absolute Gasteiger partial charge is 0.487 e. The molecule has 0 atom stereocenters. The summed E-state index contributed by atoms with van der Waals surface area (Å²) in [5.41, 5.74) is 2.00. The third-order valence-corrected chi connectivity index (χ3v) is 3.34. The van der Waals surface area contributed by atoms with Crippen LogP contribution in [0.5, 0.6) is 5.75 Å². The summed E-state index contributed by atoms with van der Waals surface area (Å²) in [6, 6.07) is 7.35. The highest BCUT2D eigenvalue weighted by molar-refractivity contribution is 5.36.